The van der Waals surface area contributed by atoms with Gasteiger partial charge in [0.05, 0.1) is 28.3 Å². The van der Waals surface area contributed by atoms with Crippen molar-refractivity contribution in [3.8, 4) is 0 Å². The van der Waals surface area contributed by atoms with Crippen molar-refractivity contribution in [1.29, 1.82) is 0 Å². The number of nitrogens with one attached hydrogen (secondary N) is 1. The summed E-state index contributed by atoms with van der Waals surface area (Å²) >= 11 is 6.24. The predicted octanol–water partition coefficient (Wildman–Crippen LogP) is 1.37. The van der Waals surface area contributed by atoms with Crippen LogP contribution in [0.15, 0.2) is 36.4 Å². The third-order valence-electron chi connectivity index (χ3n) is 4.80. The number of hydrogen-bond acceptors (Lipinski definition) is 6. The summed E-state index contributed by atoms with van der Waals surface area (Å²) in [5, 5.41) is 3.32. The van der Waals surface area contributed by atoms with Crippen LogP contribution in [0.1, 0.15) is 42.2 Å². The van der Waals surface area contributed by atoms with Crippen LogP contribution < -0.4 is 5.32 Å². The van der Waals surface area contributed by atoms with Crippen molar-refractivity contribution in [3.63, 3.8) is 0 Å². The molecule has 0 spiro atoms. The first-order chi connectivity index (χ1) is 14.3. The van der Waals surface area contributed by atoms with E-state index in [2.05, 4.69) is 9.97 Å². The predicted molar refractivity (Wildman–Crippen MR) is 110 cm³/mol. The molecule has 0 aromatic heterocycles. The lowest BCUT2D eigenvalue weighted by atomic mass is 10.1. The maximum atomic E-state index is 12.5. The van der Waals surface area contributed by atoms with Gasteiger partial charge in [0.1, 0.15) is 0 Å². The maximum Gasteiger partial charge on any atom is 0.326 e. The highest BCUT2D eigenvalue weighted by Gasteiger charge is 2.39. The number of imide groups is 1. The summed E-state index contributed by atoms with van der Waals surface area (Å²) in [7, 11) is 1.13. The van der Waals surface area contributed by atoms with Crippen LogP contribution in [-0.2, 0) is 14.3 Å². The van der Waals surface area contributed by atoms with Crippen LogP contribution in [0.2, 0.25) is 5.02 Å². The molecule has 0 saturated carbocycles. The van der Waals surface area contributed by atoms with Crippen LogP contribution in [0.5, 0.6) is 0 Å². The number of aryl methyl sites for hydroxylation is 1. The molecule has 0 saturated heterocycles. The minimum Gasteiger partial charge on any atom is -0.541 e. The molecule has 2 aromatic carbocycles. The van der Waals surface area contributed by atoms with Gasteiger partial charge in [-0.25, -0.2) is 4.84 Å². The summed E-state index contributed by atoms with van der Waals surface area (Å²) < 4.78 is 4.68. The average Bonchev–Trinajstić information content (AvgIpc) is 2.99. The first-order valence-corrected chi connectivity index (χ1v) is 9.40. The van der Waals surface area contributed by atoms with Crippen molar-refractivity contribution in [2.75, 3.05) is 6.54 Å². The van der Waals surface area contributed by atoms with Gasteiger partial charge in [0.25, 0.3) is 17.7 Å². The molecule has 0 fully saturated rings. The van der Waals surface area contributed by atoms with Gasteiger partial charge < -0.3 is 9.97 Å². The molecule has 2 aromatic rings. The van der Waals surface area contributed by atoms with E-state index in [-0.39, 0.29) is 23.2 Å². The number of carbonyl (C=O) groups is 4. The highest BCUT2D eigenvalue weighted by atomic mass is 35.5. The number of hydroxylamine groups is 2. The van der Waals surface area contributed by atoms with E-state index in [0.29, 0.717) is 10.1 Å². The lowest BCUT2D eigenvalue weighted by molar-refractivity contribution is -0.170. The molecule has 8 nitrogen and oxygen atoms in total. The fourth-order valence-corrected chi connectivity index (χ4v) is 3.22. The minimum atomic E-state index is -1.42. The Kier molecular flexibility index (Phi) is 6.24. The molecule has 1 heterocycles. The molecule has 1 aliphatic rings. The third kappa shape index (κ3) is 3.94. The number of halogens is 1. The fourth-order valence-electron chi connectivity index (χ4n) is 2.92. The molecule has 0 aliphatic carbocycles. The molecule has 154 valence electrons. The topological polar surface area (TPSA) is 102 Å². The van der Waals surface area contributed by atoms with Crippen LogP contribution >= 0.6 is 11.6 Å². The quantitative estimate of drug-likeness (QED) is 0.551. The molecule has 30 heavy (non-hydrogen) atoms. The zero-order chi connectivity index (χ0) is 22.0. The first kappa shape index (κ1) is 21.5. The van der Waals surface area contributed by atoms with Crippen molar-refractivity contribution < 1.29 is 28.7 Å². The SMILES string of the molecule is BOC(=O)[C@H](CNC(=O)c1ccc(C)c(C)c1Cl)ON1C(=O)c2ccccc2C1=O. The van der Waals surface area contributed by atoms with Gasteiger partial charge in [-0.15, -0.1) is 5.06 Å². The fraction of sp³-hybridized carbons (Fsp3) is 0.200. The number of benzene rings is 2. The Balaban J connectivity index is 1.74. The van der Waals surface area contributed by atoms with E-state index in [4.69, 9.17) is 16.4 Å². The zero-order valence-corrected chi connectivity index (χ0v) is 17.3. The Morgan fingerprint density at radius 3 is 2.27 bits per heavy atom. The normalized spacial score (nSPS) is 13.8. The molecule has 1 N–H and O–H groups in total. The van der Waals surface area contributed by atoms with Gasteiger partial charge in [0, 0.05) is 0 Å². The van der Waals surface area contributed by atoms with E-state index in [0.717, 1.165) is 19.2 Å². The minimum absolute atomic E-state index is 0.164. The van der Waals surface area contributed by atoms with Gasteiger partial charge in [0.2, 0.25) is 0 Å². The molecule has 1 aliphatic heterocycles. The van der Waals surface area contributed by atoms with E-state index in [9.17, 15) is 19.2 Å². The Morgan fingerprint density at radius 2 is 1.70 bits per heavy atom. The van der Waals surface area contributed by atoms with Crippen LogP contribution in [0.25, 0.3) is 0 Å². The number of carbonyl (C=O) groups excluding carboxylic acids is 4. The Bertz CT molecular complexity index is 1020. The molecule has 3 rings (SSSR count). The number of amides is 3. The molecule has 1 atom stereocenters. The summed E-state index contributed by atoms with van der Waals surface area (Å²) in [4.78, 5) is 54.9. The second kappa shape index (κ2) is 8.68. The first-order valence-electron chi connectivity index (χ1n) is 9.02. The molecule has 3 amide bonds. The molecule has 0 bridgehead atoms. The molecular formula is C20H18BClN2O6. The van der Waals surface area contributed by atoms with E-state index in [1.165, 1.54) is 12.1 Å². The van der Waals surface area contributed by atoms with E-state index < -0.39 is 29.8 Å². The van der Waals surface area contributed by atoms with Crippen molar-refractivity contribution in [1.82, 2.24) is 10.4 Å². The zero-order valence-electron chi connectivity index (χ0n) is 16.5. The van der Waals surface area contributed by atoms with Gasteiger partial charge in [0.15, 0.2) is 6.10 Å². The highest BCUT2D eigenvalue weighted by molar-refractivity contribution is 6.34. The maximum absolute atomic E-state index is 12.5. The van der Waals surface area contributed by atoms with Gasteiger partial charge in [-0.3, -0.25) is 19.2 Å². The monoisotopic (exact) mass is 428 g/mol. The summed E-state index contributed by atoms with van der Waals surface area (Å²) in [5.74, 6) is -2.80. The summed E-state index contributed by atoms with van der Waals surface area (Å²) in [6.45, 7) is 3.31. The van der Waals surface area contributed by atoms with Crippen molar-refractivity contribution in [2.24, 2.45) is 0 Å². The lowest BCUT2D eigenvalue weighted by Gasteiger charge is -2.21. The third-order valence-corrected chi connectivity index (χ3v) is 5.29. The smallest absolute Gasteiger partial charge is 0.326 e. The summed E-state index contributed by atoms with van der Waals surface area (Å²) in [5.41, 5.74) is 2.24. The summed E-state index contributed by atoms with van der Waals surface area (Å²) in [6, 6.07) is 9.50. The number of fused-ring (bicyclic) bond motifs is 1. The number of hydrogen-bond donors (Lipinski definition) is 1. The highest BCUT2D eigenvalue weighted by Crippen LogP contribution is 2.25. The van der Waals surface area contributed by atoms with E-state index in [1.54, 1.807) is 31.2 Å². The molecule has 0 radical (unpaired) electrons. The van der Waals surface area contributed by atoms with Gasteiger partial charge in [-0.2, -0.15) is 0 Å². The van der Waals surface area contributed by atoms with Gasteiger partial charge in [-0.1, -0.05) is 29.8 Å². The Labute approximate surface area is 178 Å². The number of nitrogens with zero attached hydrogens (tertiary/aromatic N) is 1. The molecule has 10 heteroatoms. The lowest BCUT2D eigenvalue weighted by Crippen LogP contribution is -2.45. The van der Waals surface area contributed by atoms with E-state index >= 15 is 0 Å². The number of rotatable bonds is 6. The van der Waals surface area contributed by atoms with E-state index in [1.807, 2.05) is 6.92 Å². The second-order valence-electron chi connectivity index (χ2n) is 6.65. The van der Waals surface area contributed by atoms with Gasteiger partial charge >= 0.3 is 14.0 Å². The Hall–Kier alpha value is -3.17. The average molecular weight is 429 g/mol. The van der Waals surface area contributed by atoms with Gasteiger partial charge in [-0.05, 0) is 43.2 Å². The second-order valence-corrected chi connectivity index (χ2v) is 7.02. The van der Waals surface area contributed by atoms with Crippen molar-refractivity contribution in [2.45, 2.75) is 20.0 Å². The van der Waals surface area contributed by atoms with Crippen LogP contribution in [-0.4, -0.2) is 49.5 Å². The molecule has 0 unspecified atom stereocenters. The van der Waals surface area contributed by atoms with Crippen molar-refractivity contribution in [3.05, 3.63) is 69.2 Å². The molecular weight excluding hydrogens is 410 g/mol. The van der Waals surface area contributed by atoms with Crippen LogP contribution in [0, 0.1) is 13.8 Å². The largest absolute Gasteiger partial charge is 0.541 e. The standard InChI is InChI=1S/C20H18BClN2O6/c1-10-7-8-14(16(22)11(10)2)17(25)23-9-15(20(28)29-21)30-24-18(26)12-5-3-4-6-13(12)19(24)27/h3-8,15H,9,21H2,1-2H3,(H,23,25)/t15-/m0/s1. The van der Waals surface area contributed by atoms with Crippen LogP contribution in [0.3, 0.4) is 0 Å². The van der Waals surface area contributed by atoms with Crippen LogP contribution in [0.4, 0.5) is 0 Å². The Morgan fingerprint density at radius 1 is 1.10 bits per heavy atom. The summed E-state index contributed by atoms with van der Waals surface area (Å²) in [6.07, 6.45) is -1.42. The van der Waals surface area contributed by atoms with Crippen molar-refractivity contribution >= 4 is 43.3 Å².